The van der Waals surface area contributed by atoms with Crippen LogP contribution < -0.4 is 5.32 Å². The summed E-state index contributed by atoms with van der Waals surface area (Å²) in [6, 6.07) is 13.7. The molecule has 0 saturated carbocycles. The lowest BCUT2D eigenvalue weighted by molar-refractivity contribution is -0.118. The van der Waals surface area contributed by atoms with Crippen molar-refractivity contribution in [1.82, 2.24) is 5.32 Å². The van der Waals surface area contributed by atoms with Crippen LogP contribution in [0.15, 0.2) is 47.4 Å². The van der Waals surface area contributed by atoms with Gasteiger partial charge in [-0.05, 0) is 54.8 Å². The van der Waals surface area contributed by atoms with Crippen LogP contribution in [-0.4, -0.2) is 11.7 Å². The van der Waals surface area contributed by atoms with Crippen molar-refractivity contribution >= 4 is 29.3 Å². The molecule has 0 aliphatic carbocycles. The van der Waals surface area contributed by atoms with Crippen LogP contribution in [0.5, 0.6) is 0 Å². The fourth-order valence-electron chi connectivity index (χ4n) is 1.81. The van der Waals surface area contributed by atoms with E-state index in [2.05, 4.69) is 37.4 Å². The molecule has 21 heavy (non-hydrogen) atoms. The summed E-state index contributed by atoms with van der Waals surface area (Å²) in [6.45, 7) is 4.70. The van der Waals surface area contributed by atoms with Crippen LogP contribution in [0.2, 0.25) is 5.02 Å². The SMILES string of the molecule is Cc1ccc(SCC(=O)NCc2ccc(Cl)cc2)cc1C. The lowest BCUT2D eigenvalue weighted by Crippen LogP contribution is -2.24. The van der Waals surface area contributed by atoms with Crippen molar-refractivity contribution in [3.8, 4) is 0 Å². The third-order valence-corrected chi connectivity index (χ3v) is 4.50. The number of halogens is 1. The number of carbonyl (C=O) groups excluding carboxylic acids is 1. The van der Waals surface area contributed by atoms with Crippen molar-refractivity contribution in [3.63, 3.8) is 0 Å². The van der Waals surface area contributed by atoms with Gasteiger partial charge in [0.05, 0.1) is 5.75 Å². The Morgan fingerprint density at radius 3 is 2.48 bits per heavy atom. The van der Waals surface area contributed by atoms with E-state index in [1.807, 2.05) is 24.3 Å². The Morgan fingerprint density at radius 1 is 1.10 bits per heavy atom. The molecule has 2 rings (SSSR count). The Kier molecular flexibility index (Phi) is 5.71. The van der Waals surface area contributed by atoms with Gasteiger partial charge in [-0.2, -0.15) is 0 Å². The molecular weight excluding hydrogens is 302 g/mol. The zero-order valence-corrected chi connectivity index (χ0v) is 13.7. The summed E-state index contributed by atoms with van der Waals surface area (Å²) in [5.74, 6) is 0.462. The highest BCUT2D eigenvalue weighted by atomic mass is 35.5. The van der Waals surface area contributed by atoms with Crippen molar-refractivity contribution < 1.29 is 4.79 Å². The van der Waals surface area contributed by atoms with Gasteiger partial charge < -0.3 is 5.32 Å². The summed E-state index contributed by atoms with van der Waals surface area (Å²) >= 11 is 7.38. The summed E-state index contributed by atoms with van der Waals surface area (Å²) in [7, 11) is 0. The van der Waals surface area contributed by atoms with Crippen molar-refractivity contribution in [2.75, 3.05) is 5.75 Å². The smallest absolute Gasteiger partial charge is 0.230 e. The van der Waals surface area contributed by atoms with Crippen LogP contribution >= 0.6 is 23.4 Å². The first-order chi connectivity index (χ1) is 10.0. The Hall–Kier alpha value is -1.45. The van der Waals surface area contributed by atoms with E-state index in [-0.39, 0.29) is 5.91 Å². The molecule has 4 heteroatoms. The van der Waals surface area contributed by atoms with E-state index in [1.54, 1.807) is 11.8 Å². The molecule has 0 fully saturated rings. The van der Waals surface area contributed by atoms with Crippen LogP contribution in [0.4, 0.5) is 0 Å². The monoisotopic (exact) mass is 319 g/mol. The van der Waals surface area contributed by atoms with E-state index in [0.29, 0.717) is 17.3 Å². The summed E-state index contributed by atoms with van der Waals surface area (Å²) in [6.07, 6.45) is 0. The molecule has 0 radical (unpaired) electrons. The summed E-state index contributed by atoms with van der Waals surface area (Å²) < 4.78 is 0. The predicted molar refractivity (Wildman–Crippen MR) is 89.9 cm³/mol. The Morgan fingerprint density at radius 2 is 1.81 bits per heavy atom. The number of aryl methyl sites for hydroxylation is 2. The number of hydrogen-bond acceptors (Lipinski definition) is 2. The molecule has 0 heterocycles. The van der Waals surface area contributed by atoms with Crippen LogP contribution in [0, 0.1) is 13.8 Å². The first-order valence-corrected chi connectivity index (χ1v) is 8.12. The molecule has 0 aliphatic rings. The fraction of sp³-hybridized carbons (Fsp3) is 0.235. The van der Waals surface area contributed by atoms with Crippen molar-refractivity contribution in [2.24, 2.45) is 0 Å². The van der Waals surface area contributed by atoms with Gasteiger partial charge in [0.15, 0.2) is 0 Å². The van der Waals surface area contributed by atoms with Crippen molar-refractivity contribution in [3.05, 3.63) is 64.2 Å². The van der Waals surface area contributed by atoms with Crippen molar-refractivity contribution in [1.29, 1.82) is 0 Å². The average Bonchev–Trinajstić information content (AvgIpc) is 2.48. The Labute approximate surface area is 134 Å². The van der Waals surface area contributed by atoms with E-state index in [9.17, 15) is 4.79 Å². The van der Waals surface area contributed by atoms with Gasteiger partial charge in [-0.1, -0.05) is 29.8 Å². The van der Waals surface area contributed by atoms with Gasteiger partial charge >= 0.3 is 0 Å². The Bertz CT molecular complexity index is 625. The third kappa shape index (κ3) is 5.10. The van der Waals surface area contributed by atoms with Gasteiger partial charge in [-0.25, -0.2) is 0 Å². The van der Waals surface area contributed by atoms with E-state index in [0.717, 1.165) is 10.5 Å². The molecule has 0 unspecified atom stereocenters. The van der Waals surface area contributed by atoms with Crippen LogP contribution in [-0.2, 0) is 11.3 Å². The minimum Gasteiger partial charge on any atom is -0.351 e. The number of thioether (sulfide) groups is 1. The molecule has 0 aromatic heterocycles. The standard InChI is InChI=1S/C17H18ClNOS/c1-12-3-8-16(9-13(12)2)21-11-17(20)19-10-14-4-6-15(18)7-5-14/h3-9H,10-11H2,1-2H3,(H,19,20). The lowest BCUT2D eigenvalue weighted by atomic mass is 10.1. The van der Waals surface area contributed by atoms with Gasteiger partial charge in [-0.3, -0.25) is 4.79 Å². The largest absolute Gasteiger partial charge is 0.351 e. The van der Waals surface area contributed by atoms with E-state index >= 15 is 0 Å². The zero-order chi connectivity index (χ0) is 15.2. The van der Waals surface area contributed by atoms with E-state index in [4.69, 9.17) is 11.6 Å². The minimum atomic E-state index is 0.0354. The molecule has 110 valence electrons. The number of carbonyl (C=O) groups is 1. The highest BCUT2D eigenvalue weighted by Crippen LogP contribution is 2.20. The zero-order valence-electron chi connectivity index (χ0n) is 12.2. The second-order valence-corrected chi connectivity index (χ2v) is 6.42. The summed E-state index contributed by atoms with van der Waals surface area (Å²) in [4.78, 5) is 13.0. The highest BCUT2D eigenvalue weighted by Gasteiger charge is 2.04. The molecule has 1 amide bonds. The highest BCUT2D eigenvalue weighted by molar-refractivity contribution is 8.00. The maximum absolute atomic E-state index is 11.9. The molecule has 2 aromatic rings. The molecule has 0 aliphatic heterocycles. The normalized spacial score (nSPS) is 10.4. The molecule has 2 aromatic carbocycles. The topological polar surface area (TPSA) is 29.1 Å². The molecule has 0 spiro atoms. The van der Waals surface area contributed by atoms with Crippen LogP contribution in [0.3, 0.4) is 0 Å². The maximum atomic E-state index is 11.9. The number of rotatable bonds is 5. The number of hydrogen-bond donors (Lipinski definition) is 1. The average molecular weight is 320 g/mol. The molecule has 0 saturated heterocycles. The third-order valence-electron chi connectivity index (χ3n) is 3.25. The molecule has 0 bridgehead atoms. The Balaban J connectivity index is 1.79. The second-order valence-electron chi connectivity index (χ2n) is 4.94. The van der Waals surface area contributed by atoms with Crippen LogP contribution in [0.25, 0.3) is 0 Å². The lowest BCUT2D eigenvalue weighted by Gasteiger charge is -2.07. The quantitative estimate of drug-likeness (QED) is 0.829. The van der Waals surface area contributed by atoms with Gasteiger partial charge in [-0.15, -0.1) is 11.8 Å². The fourth-order valence-corrected chi connectivity index (χ4v) is 2.76. The van der Waals surface area contributed by atoms with Gasteiger partial charge in [0.2, 0.25) is 5.91 Å². The first kappa shape index (κ1) is 15.9. The van der Waals surface area contributed by atoms with E-state index in [1.165, 1.54) is 11.1 Å². The van der Waals surface area contributed by atoms with E-state index < -0.39 is 0 Å². The molecule has 1 N–H and O–H groups in total. The van der Waals surface area contributed by atoms with Crippen LogP contribution in [0.1, 0.15) is 16.7 Å². The van der Waals surface area contributed by atoms with Crippen molar-refractivity contribution in [2.45, 2.75) is 25.3 Å². The predicted octanol–water partition coefficient (Wildman–Crippen LogP) is 4.37. The van der Waals surface area contributed by atoms with Gasteiger partial charge in [0, 0.05) is 16.5 Å². The number of nitrogens with one attached hydrogen (secondary N) is 1. The van der Waals surface area contributed by atoms with Gasteiger partial charge in [0.1, 0.15) is 0 Å². The first-order valence-electron chi connectivity index (χ1n) is 6.76. The molecular formula is C17H18ClNOS. The molecule has 2 nitrogen and oxygen atoms in total. The number of benzene rings is 2. The van der Waals surface area contributed by atoms with Gasteiger partial charge in [0.25, 0.3) is 0 Å². The maximum Gasteiger partial charge on any atom is 0.230 e. The summed E-state index contributed by atoms with van der Waals surface area (Å²) in [5.41, 5.74) is 3.57. The number of amides is 1. The minimum absolute atomic E-state index is 0.0354. The second kappa shape index (κ2) is 7.53. The summed E-state index contributed by atoms with van der Waals surface area (Å²) in [5, 5.41) is 3.62. The molecule has 0 atom stereocenters.